The molecule has 0 unspecified atom stereocenters. The van der Waals surface area contributed by atoms with E-state index in [1.54, 1.807) is 24.3 Å². The molecule has 0 saturated heterocycles. The first kappa shape index (κ1) is 22.2. The molecule has 1 aromatic carbocycles. The predicted octanol–water partition coefficient (Wildman–Crippen LogP) is 5.82. The Hall–Kier alpha value is -0.870. The molecule has 142 valence electrons. The lowest BCUT2D eigenvalue weighted by molar-refractivity contribution is -0.119. The molecule has 0 aromatic heterocycles. The van der Waals surface area contributed by atoms with Gasteiger partial charge < -0.3 is 0 Å². The van der Waals surface area contributed by atoms with Gasteiger partial charge in [0.2, 0.25) is 14.0 Å². The molecule has 1 atom stereocenters. The lowest BCUT2D eigenvalue weighted by atomic mass is 10.0. The van der Waals surface area contributed by atoms with Crippen molar-refractivity contribution in [2.24, 2.45) is 0 Å². The van der Waals surface area contributed by atoms with Gasteiger partial charge in [0, 0.05) is 6.42 Å². The summed E-state index contributed by atoms with van der Waals surface area (Å²) in [5, 5.41) is 0. The summed E-state index contributed by atoms with van der Waals surface area (Å²) in [6.45, 7) is 6.03. The number of aryl methyl sites for hydroxylation is 1. The monoisotopic (exact) mass is 386 g/mol. The lowest BCUT2D eigenvalue weighted by Gasteiger charge is -2.26. The Balaban J connectivity index is 3.10. The van der Waals surface area contributed by atoms with Crippen molar-refractivity contribution < 1.29 is 13.2 Å². The highest BCUT2D eigenvalue weighted by Crippen LogP contribution is 2.37. The number of rotatable bonds is 12. The highest BCUT2D eigenvalue weighted by Gasteiger charge is 2.48. The first-order valence-electron chi connectivity index (χ1n) is 9.33. The molecule has 3 nitrogen and oxygen atoms in total. The van der Waals surface area contributed by atoms with Crippen molar-refractivity contribution in [1.82, 2.24) is 0 Å². The number of carbonyl (C=O) groups excluding carboxylic acids is 1. The molecule has 0 saturated carbocycles. The predicted molar refractivity (Wildman–Crippen MR) is 105 cm³/mol. The fourth-order valence-electron chi connectivity index (χ4n) is 2.83. The molecule has 5 heteroatoms. The summed E-state index contributed by atoms with van der Waals surface area (Å²) in [5.41, 5.74) is 0.969. The largest absolute Gasteiger partial charge is 0.297 e. The molecule has 1 rings (SSSR count). The molecular weight excluding hydrogens is 356 g/mol. The second-order valence-corrected chi connectivity index (χ2v) is 9.78. The van der Waals surface area contributed by atoms with E-state index >= 15 is 0 Å². The number of Topliss-reactive ketones (excluding diaryl/α,β-unsaturated/α-hetero) is 1. The minimum atomic E-state index is -3.93. The van der Waals surface area contributed by atoms with Crippen LogP contribution in [-0.2, 0) is 14.6 Å². The molecule has 0 aliphatic rings. The van der Waals surface area contributed by atoms with Crippen LogP contribution in [0, 0.1) is 6.92 Å². The zero-order chi connectivity index (χ0) is 18.9. The average molecular weight is 387 g/mol. The van der Waals surface area contributed by atoms with Gasteiger partial charge in [-0.3, -0.25) is 4.79 Å². The highest BCUT2D eigenvalue weighted by molar-refractivity contribution is 7.95. The summed E-state index contributed by atoms with van der Waals surface area (Å²) in [4.78, 5) is 12.9. The topological polar surface area (TPSA) is 51.2 Å². The van der Waals surface area contributed by atoms with Crippen LogP contribution in [0.15, 0.2) is 29.2 Å². The summed E-state index contributed by atoms with van der Waals surface area (Å²) >= 11 is 6.58. The van der Waals surface area contributed by atoms with Gasteiger partial charge in [-0.05, 0) is 31.9 Å². The number of benzene rings is 1. The number of halogens is 1. The van der Waals surface area contributed by atoms with Crippen LogP contribution in [0.2, 0.25) is 0 Å². The zero-order valence-electron chi connectivity index (χ0n) is 15.7. The van der Waals surface area contributed by atoms with Gasteiger partial charge in [-0.15, -0.1) is 0 Å². The summed E-state index contributed by atoms with van der Waals surface area (Å²) in [5.74, 6) is -0.361. The van der Waals surface area contributed by atoms with Gasteiger partial charge in [0.05, 0.1) is 4.90 Å². The maximum atomic E-state index is 13.2. The van der Waals surface area contributed by atoms with E-state index in [1.807, 2.05) is 13.8 Å². The Morgan fingerprint density at radius 1 is 0.960 bits per heavy atom. The van der Waals surface area contributed by atoms with E-state index in [0.29, 0.717) is 12.8 Å². The normalized spacial score (nSPS) is 14.2. The van der Waals surface area contributed by atoms with Gasteiger partial charge in [-0.1, -0.05) is 81.7 Å². The van der Waals surface area contributed by atoms with Crippen LogP contribution in [0.3, 0.4) is 0 Å². The number of hydrogen-bond acceptors (Lipinski definition) is 3. The molecule has 0 fully saturated rings. The van der Waals surface area contributed by atoms with E-state index in [-0.39, 0.29) is 23.5 Å². The first-order chi connectivity index (χ1) is 11.8. The van der Waals surface area contributed by atoms with Crippen LogP contribution in [0.5, 0.6) is 0 Å². The van der Waals surface area contributed by atoms with Crippen LogP contribution >= 0.6 is 11.6 Å². The Morgan fingerprint density at radius 3 is 2.08 bits per heavy atom. The van der Waals surface area contributed by atoms with Crippen molar-refractivity contribution >= 4 is 27.2 Å². The number of hydrogen-bond donors (Lipinski definition) is 0. The third kappa shape index (κ3) is 5.82. The van der Waals surface area contributed by atoms with Gasteiger partial charge in [0.25, 0.3) is 0 Å². The Morgan fingerprint density at radius 2 is 1.52 bits per heavy atom. The molecule has 25 heavy (non-hydrogen) atoms. The first-order valence-corrected chi connectivity index (χ1v) is 11.2. The number of carbonyl (C=O) groups is 1. The van der Waals surface area contributed by atoms with E-state index < -0.39 is 14.0 Å². The third-order valence-corrected chi connectivity index (χ3v) is 7.72. The Bertz CT molecular complexity index is 637. The number of ketones is 1. The molecule has 0 aliphatic heterocycles. The fraction of sp³-hybridized carbons (Fsp3) is 0.650. The van der Waals surface area contributed by atoms with Crippen molar-refractivity contribution in [3.8, 4) is 0 Å². The molecule has 1 aromatic rings. The second kappa shape index (κ2) is 10.3. The molecule has 0 N–H and O–H groups in total. The van der Waals surface area contributed by atoms with Crippen molar-refractivity contribution in [2.45, 2.75) is 87.7 Å². The molecule has 0 radical (unpaired) electrons. The quantitative estimate of drug-likeness (QED) is 0.335. The van der Waals surface area contributed by atoms with Crippen LogP contribution in [0.1, 0.15) is 77.2 Å². The zero-order valence-corrected chi connectivity index (χ0v) is 17.3. The van der Waals surface area contributed by atoms with Gasteiger partial charge >= 0.3 is 0 Å². The van der Waals surface area contributed by atoms with Crippen LogP contribution in [-0.4, -0.2) is 18.4 Å². The van der Waals surface area contributed by atoms with E-state index in [4.69, 9.17) is 11.6 Å². The second-order valence-electron chi connectivity index (χ2n) is 6.74. The van der Waals surface area contributed by atoms with Crippen molar-refractivity contribution in [3.05, 3.63) is 29.8 Å². The number of sulfone groups is 1. The Kier molecular flexibility index (Phi) is 9.15. The average Bonchev–Trinajstić information content (AvgIpc) is 2.58. The minimum Gasteiger partial charge on any atom is -0.297 e. The molecule has 0 bridgehead atoms. The number of alkyl halides is 1. The van der Waals surface area contributed by atoms with Crippen molar-refractivity contribution in [3.63, 3.8) is 0 Å². The molecule has 0 heterocycles. The van der Waals surface area contributed by atoms with Crippen molar-refractivity contribution in [1.29, 1.82) is 0 Å². The molecule has 0 aliphatic carbocycles. The van der Waals surface area contributed by atoms with E-state index in [2.05, 4.69) is 6.92 Å². The highest BCUT2D eigenvalue weighted by atomic mass is 35.5. The van der Waals surface area contributed by atoms with Crippen molar-refractivity contribution in [2.75, 3.05) is 0 Å². The summed E-state index contributed by atoms with van der Waals surface area (Å²) in [6, 6.07) is 6.58. The van der Waals surface area contributed by atoms with Crippen LogP contribution in [0.25, 0.3) is 0 Å². The van der Waals surface area contributed by atoms with Crippen LogP contribution in [0.4, 0.5) is 0 Å². The van der Waals surface area contributed by atoms with E-state index in [1.165, 1.54) is 0 Å². The maximum absolute atomic E-state index is 13.2. The SMILES string of the molecule is CCCCCC[C@](Cl)(C(=O)CCCCC)S(=O)(=O)c1ccc(C)cc1. The van der Waals surface area contributed by atoms with Gasteiger partial charge in [0.1, 0.15) is 0 Å². The smallest absolute Gasteiger partial charge is 0.207 e. The Labute approximate surface area is 158 Å². The summed E-state index contributed by atoms with van der Waals surface area (Å²) in [6.07, 6.45) is 6.54. The summed E-state index contributed by atoms with van der Waals surface area (Å²) < 4.78 is 24.5. The minimum absolute atomic E-state index is 0.132. The number of unbranched alkanes of at least 4 members (excludes halogenated alkanes) is 5. The lowest BCUT2D eigenvalue weighted by Crippen LogP contribution is -2.41. The molecular formula is C20H31ClO3S. The van der Waals surface area contributed by atoms with E-state index in [9.17, 15) is 13.2 Å². The third-order valence-electron chi connectivity index (χ3n) is 4.53. The maximum Gasteiger partial charge on any atom is 0.207 e. The molecule has 0 spiro atoms. The molecule has 0 amide bonds. The summed E-state index contributed by atoms with van der Waals surface area (Å²) in [7, 11) is -3.93. The van der Waals surface area contributed by atoms with Gasteiger partial charge in [-0.25, -0.2) is 8.42 Å². The fourth-order valence-corrected chi connectivity index (χ4v) is 5.01. The van der Waals surface area contributed by atoms with Gasteiger partial charge in [-0.2, -0.15) is 0 Å². The standard InChI is InChI=1S/C20H31ClO3S/c1-4-6-8-10-16-20(21,19(22)11-9-7-5-2)25(23,24)18-14-12-17(3)13-15-18/h12-15H,4-11,16H2,1-3H3/t20-/m1/s1. The van der Waals surface area contributed by atoms with Crippen LogP contribution < -0.4 is 0 Å². The van der Waals surface area contributed by atoms with Gasteiger partial charge in [0.15, 0.2) is 5.78 Å². The van der Waals surface area contributed by atoms with E-state index in [0.717, 1.165) is 37.7 Å².